The predicted octanol–water partition coefficient (Wildman–Crippen LogP) is 1.00. The average molecular weight is 224 g/mol. The maximum absolute atomic E-state index is 11.6. The number of nitrogens with two attached hydrogens (primary N) is 1. The molecule has 0 aliphatic carbocycles. The van der Waals surface area contributed by atoms with Crippen molar-refractivity contribution >= 4 is 5.91 Å². The van der Waals surface area contributed by atoms with Gasteiger partial charge in [0, 0.05) is 5.69 Å². The Bertz CT molecular complexity index is 384. The molecule has 1 atom stereocenters. The first-order valence-corrected chi connectivity index (χ1v) is 5.61. The first kappa shape index (κ1) is 12.7. The molecule has 3 N–H and O–H groups in total. The molecule has 0 fully saturated rings. The Morgan fingerprint density at radius 2 is 2.12 bits per heavy atom. The summed E-state index contributed by atoms with van der Waals surface area (Å²) in [6, 6.07) is -0.316. The second-order valence-corrected chi connectivity index (χ2v) is 3.88. The van der Waals surface area contributed by atoms with Crippen LogP contribution >= 0.6 is 0 Å². The van der Waals surface area contributed by atoms with E-state index in [0.717, 1.165) is 17.8 Å². The van der Waals surface area contributed by atoms with E-state index in [9.17, 15) is 4.79 Å². The highest BCUT2D eigenvalue weighted by Crippen LogP contribution is 2.19. The molecule has 5 heteroatoms. The Morgan fingerprint density at radius 3 is 2.50 bits per heavy atom. The van der Waals surface area contributed by atoms with Crippen molar-refractivity contribution in [2.45, 2.75) is 46.6 Å². The molecule has 1 rings (SSSR count). The summed E-state index contributed by atoms with van der Waals surface area (Å²) in [5.41, 5.74) is 5.44. The van der Waals surface area contributed by atoms with Crippen LogP contribution in [0.5, 0.6) is 0 Å². The molecule has 0 bridgehead atoms. The highest BCUT2D eigenvalue weighted by atomic mass is 16.2. The van der Waals surface area contributed by atoms with Gasteiger partial charge in [-0.25, -0.2) is 5.84 Å². The van der Waals surface area contributed by atoms with Crippen molar-refractivity contribution in [3.05, 3.63) is 17.0 Å². The largest absolute Gasteiger partial charge is 0.292 e. The lowest BCUT2D eigenvalue weighted by Crippen LogP contribution is -2.37. The number of carbonyl (C=O) groups is 1. The molecule has 1 heterocycles. The molecule has 1 aromatic rings. The van der Waals surface area contributed by atoms with Crippen LogP contribution in [-0.4, -0.2) is 15.7 Å². The average Bonchev–Trinajstić information content (AvgIpc) is 2.55. The maximum atomic E-state index is 11.6. The lowest BCUT2D eigenvalue weighted by Gasteiger charge is -2.15. The fourth-order valence-corrected chi connectivity index (χ4v) is 2.08. The van der Waals surface area contributed by atoms with Gasteiger partial charge in [-0.05, 0) is 32.3 Å². The van der Waals surface area contributed by atoms with Gasteiger partial charge in [-0.15, -0.1) is 0 Å². The summed E-state index contributed by atoms with van der Waals surface area (Å²) in [5, 5.41) is 4.42. The third-order valence-electron chi connectivity index (χ3n) is 2.96. The van der Waals surface area contributed by atoms with E-state index in [2.05, 4.69) is 17.4 Å². The molecule has 0 aliphatic heterocycles. The van der Waals surface area contributed by atoms with Gasteiger partial charge in [0.2, 0.25) is 0 Å². The van der Waals surface area contributed by atoms with Crippen LogP contribution in [0.15, 0.2) is 0 Å². The molecule has 1 unspecified atom stereocenters. The van der Waals surface area contributed by atoms with Gasteiger partial charge in [0.25, 0.3) is 5.91 Å². The fraction of sp³-hybridized carbons (Fsp3) is 0.636. The van der Waals surface area contributed by atoms with E-state index in [1.54, 1.807) is 4.68 Å². The second-order valence-electron chi connectivity index (χ2n) is 3.88. The molecule has 0 saturated carbocycles. The second kappa shape index (κ2) is 5.12. The van der Waals surface area contributed by atoms with E-state index in [-0.39, 0.29) is 11.9 Å². The van der Waals surface area contributed by atoms with Gasteiger partial charge >= 0.3 is 0 Å². The van der Waals surface area contributed by atoms with E-state index in [1.165, 1.54) is 5.56 Å². The van der Waals surface area contributed by atoms with Crippen molar-refractivity contribution < 1.29 is 4.79 Å². The van der Waals surface area contributed by atoms with Crippen LogP contribution in [0.3, 0.4) is 0 Å². The summed E-state index contributed by atoms with van der Waals surface area (Å²) in [6.07, 6.45) is 1.60. The number of nitrogens with one attached hydrogen (secondary N) is 1. The fourth-order valence-electron chi connectivity index (χ4n) is 2.08. The summed E-state index contributed by atoms with van der Waals surface area (Å²) in [4.78, 5) is 11.6. The van der Waals surface area contributed by atoms with Crippen molar-refractivity contribution in [1.29, 1.82) is 0 Å². The number of hydrogen-bond acceptors (Lipinski definition) is 3. The van der Waals surface area contributed by atoms with Crippen LogP contribution in [0.4, 0.5) is 0 Å². The summed E-state index contributed by atoms with van der Waals surface area (Å²) in [5.74, 6) is 4.97. The van der Waals surface area contributed by atoms with Crippen LogP contribution in [0.25, 0.3) is 0 Å². The number of rotatable bonds is 4. The van der Waals surface area contributed by atoms with Gasteiger partial charge in [0.05, 0.1) is 5.69 Å². The minimum absolute atomic E-state index is 0.198. The van der Waals surface area contributed by atoms with Gasteiger partial charge in [-0.3, -0.25) is 14.9 Å². The van der Waals surface area contributed by atoms with Gasteiger partial charge in [-0.1, -0.05) is 13.8 Å². The standard InChI is InChI=1S/C11H20N4O/c1-5-9-7(3)14-15(8(9)4)10(6-2)11(16)13-12/h10H,5-6,12H2,1-4H3,(H,13,16). The van der Waals surface area contributed by atoms with Crippen LogP contribution in [0, 0.1) is 13.8 Å². The van der Waals surface area contributed by atoms with Crippen LogP contribution in [0.1, 0.15) is 43.3 Å². The Morgan fingerprint density at radius 1 is 1.50 bits per heavy atom. The number of hydrazine groups is 1. The quantitative estimate of drug-likeness (QED) is 0.455. The van der Waals surface area contributed by atoms with E-state index < -0.39 is 0 Å². The normalized spacial score (nSPS) is 12.6. The first-order valence-electron chi connectivity index (χ1n) is 5.61. The van der Waals surface area contributed by atoms with E-state index in [0.29, 0.717) is 6.42 Å². The van der Waals surface area contributed by atoms with Crippen molar-refractivity contribution in [3.8, 4) is 0 Å². The molecule has 1 amide bonds. The zero-order valence-corrected chi connectivity index (χ0v) is 10.4. The zero-order chi connectivity index (χ0) is 12.3. The van der Waals surface area contributed by atoms with Crippen molar-refractivity contribution in [2.75, 3.05) is 0 Å². The minimum atomic E-state index is -0.316. The van der Waals surface area contributed by atoms with Gasteiger partial charge in [-0.2, -0.15) is 5.10 Å². The minimum Gasteiger partial charge on any atom is -0.292 e. The highest BCUT2D eigenvalue weighted by Gasteiger charge is 2.22. The van der Waals surface area contributed by atoms with Crippen LogP contribution in [-0.2, 0) is 11.2 Å². The summed E-state index contributed by atoms with van der Waals surface area (Å²) < 4.78 is 1.77. The number of hydrogen-bond donors (Lipinski definition) is 2. The molecular weight excluding hydrogens is 204 g/mol. The molecule has 90 valence electrons. The molecule has 0 spiro atoms. The maximum Gasteiger partial charge on any atom is 0.258 e. The SMILES string of the molecule is CCc1c(C)nn(C(CC)C(=O)NN)c1C. The van der Waals surface area contributed by atoms with Crippen molar-refractivity contribution in [2.24, 2.45) is 5.84 Å². The third kappa shape index (κ3) is 2.09. The summed E-state index contributed by atoms with van der Waals surface area (Å²) >= 11 is 0. The van der Waals surface area contributed by atoms with Crippen molar-refractivity contribution in [3.63, 3.8) is 0 Å². The van der Waals surface area contributed by atoms with Gasteiger partial charge in [0.1, 0.15) is 6.04 Å². The highest BCUT2D eigenvalue weighted by molar-refractivity contribution is 5.79. The molecular formula is C11H20N4O. The van der Waals surface area contributed by atoms with Gasteiger partial charge < -0.3 is 0 Å². The predicted molar refractivity (Wildman–Crippen MR) is 62.7 cm³/mol. The summed E-state index contributed by atoms with van der Waals surface area (Å²) in [7, 11) is 0. The Kier molecular flexibility index (Phi) is 4.06. The summed E-state index contributed by atoms with van der Waals surface area (Å²) in [6.45, 7) is 7.99. The lowest BCUT2D eigenvalue weighted by molar-refractivity contribution is -0.124. The number of aromatic nitrogens is 2. The van der Waals surface area contributed by atoms with Crippen molar-refractivity contribution in [1.82, 2.24) is 15.2 Å². The number of carbonyl (C=O) groups excluding carboxylic acids is 1. The van der Waals surface area contributed by atoms with E-state index in [4.69, 9.17) is 5.84 Å². The first-order chi connectivity index (χ1) is 7.56. The number of nitrogens with zero attached hydrogens (tertiary/aromatic N) is 2. The Balaban J connectivity index is 3.16. The zero-order valence-electron chi connectivity index (χ0n) is 10.4. The van der Waals surface area contributed by atoms with Gasteiger partial charge in [0.15, 0.2) is 0 Å². The van der Waals surface area contributed by atoms with Crippen LogP contribution in [0.2, 0.25) is 0 Å². The number of aryl methyl sites for hydroxylation is 1. The number of amides is 1. The van der Waals surface area contributed by atoms with E-state index >= 15 is 0 Å². The molecule has 16 heavy (non-hydrogen) atoms. The Labute approximate surface area is 96.0 Å². The van der Waals surface area contributed by atoms with E-state index in [1.807, 2.05) is 20.8 Å². The topological polar surface area (TPSA) is 72.9 Å². The monoisotopic (exact) mass is 224 g/mol. The third-order valence-corrected chi connectivity index (χ3v) is 2.96. The van der Waals surface area contributed by atoms with Crippen LogP contribution < -0.4 is 11.3 Å². The molecule has 0 saturated heterocycles. The molecule has 1 aromatic heterocycles. The lowest BCUT2D eigenvalue weighted by atomic mass is 10.1. The smallest absolute Gasteiger partial charge is 0.258 e. The molecule has 0 aromatic carbocycles. The molecule has 0 aliphatic rings. The Hall–Kier alpha value is -1.36. The molecule has 0 radical (unpaired) electrons. The molecule has 5 nitrogen and oxygen atoms in total.